The molecule has 152 valence electrons. The molecule has 27 heavy (non-hydrogen) atoms. The number of aliphatic hydroxyl groups is 1. The highest BCUT2D eigenvalue weighted by Crippen LogP contribution is 2.36. The van der Waals surface area contributed by atoms with Crippen LogP contribution in [0.5, 0.6) is 0 Å². The third kappa shape index (κ3) is 5.15. The molecule has 0 amide bonds. The Labute approximate surface area is 181 Å². The first-order chi connectivity index (χ1) is 12.4. The predicted molar refractivity (Wildman–Crippen MR) is 123 cm³/mol. The van der Waals surface area contributed by atoms with E-state index in [1.807, 2.05) is 18.2 Å². The Bertz CT molecular complexity index is 651. The van der Waals surface area contributed by atoms with Gasteiger partial charge in [0.2, 0.25) is 0 Å². The van der Waals surface area contributed by atoms with Crippen molar-refractivity contribution in [2.24, 2.45) is 10.9 Å². The maximum atomic E-state index is 11.1. The van der Waals surface area contributed by atoms with E-state index in [4.69, 9.17) is 4.99 Å². The van der Waals surface area contributed by atoms with Crippen LogP contribution in [-0.2, 0) is 12.0 Å². The number of aryl methyl sites for hydroxylation is 1. The van der Waals surface area contributed by atoms with Crippen molar-refractivity contribution < 1.29 is 5.11 Å². The number of hydrogen-bond acceptors (Lipinski definition) is 3. The van der Waals surface area contributed by atoms with Gasteiger partial charge in [0.05, 0.1) is 6.54 Å². The van der Waals surface area contributed by atoms with Crippen molar-refractivity contribution in [1.82, 2.24) is 15.5 Å². The van der Waals surface area contributed by atoms with Gasteiger partial charge in [0.25, 0.3) is 0 Å². The van der Waals surface area contributed by atoms with Gasteiger partial charge in [-0.05, 0) is 50.7 Å². The molecule has 1 aliphatic heterocycles. The van der Waals surface area contributed by atoms with Gasteiger partial charge in [-0.3, -0.25) is 4.90 Å². The number of rotatable bonds is 5. The summed E-state index contributed by atoms with van der Waals surface area (Å²) in [5.74, 6) is 1.39. The highest BCUT2D eigenvalue weighted by Gasteiger charge is 2.36. The lowest BCUT2D eigenvalue weighted by Crippen LogP contribution is -2.47. The fourth-order valence-electron chi connectivity index (χ4n) is 4.15. The van der Waals surface area contributed by atoms with E-state index < -0.39 is 5.60 Å². The Morgan fingerprint density at radius 3 is 2.74 bits per heavy atom. The minimum Gasteiger partial charge on any atom is -0.383 e. The van der Waals surface area contributed by atoms with Crippen molar-refractivity contribution in [3.63, 3.8) is 0 Å². The zero-order chi connectivity index (χ0) is 18.7. The first-order valence-corrected chi connectivity index (χ1v) is 10.0. The number of halogens is 1. The van der Waals surface area contributed by atoms with Gasteiger partial charge < -0.3 is 15.7 Å². The molecule has 3 rings (SSSR count). The lowest BCUT2D eigenvalue weighted by atomic mass is 9.96. The molecule has 3 N–H and O–H groups in total. The van der Waals surface area contributed by atoms with E-state index in [-0.39, 0.29) is 24.0 Å². The largest absolute Gasteiger partial charge is 0.383 e. The normalized spacial score (nSPS) is 28.1. The quantitative estimate of drug-likeness (QED) is 0.341. The zero-order valence-electron chi connectivity index (χ0n) is 17.0. The third-order valence-corrected chi connectivity index (χ3v) is 5.86. The maximum Gasteiger partial charge on any atom is 0.191 e. The SMILES string of the molecule is CCNC(=NCC1(O)CCc2ccccc21)NC1CN(C(C)C)CC1C.I. The Morgan fingerprint density at radius 1 is 1.33 bits per heavy atom. The van der Waals surface area contributed by atoms with Crippen molar-refractivity contribution in [2.75, 3.05) is 26.2 Å². The average Bonchev–Trinajstić information content (AvgIpc) is 3.15. The first-order valence-electron chi connectivity index (χ1n) is 10.0. The molecule has 0 saturated carbocycles. The van der Waals surface area contributed by atoms with Crippen LogP contribution in [0.1, 0.15) is 45.2 Å². The van der Waals surface area contributed by atoms with Gasteiger partial charge in [-0.25, -0.2) is 4.99 Å². The van der Waals surface area contributed by atoms with Gasteiger partial charge in [0.1, 0.15) is 5.60 Å². The van der Waals surface area contributed by atoms with E-state index in [9.17, 15) is 5.11 Å². The van der Waals surface area contributed by atoms with E-state index in [2.05, 4.69) is 49.3 Å². The van der Waals surface area contributed by atoms with E-state index >= 15 is 0 Å². The number of nitrogens with zero attached hydrogens (tertiary/aromatic N) is 2. The number of benzene rings is 1. The molecule has 5 nitrogen and oxygen atoms in total. The molecule has 1 aliphatic carbocycles. The molecule has 1 fully saturated rings. The summed E-state index contributed by atoms with van der Waals surface area (Å²) in [5.41, 5.74) is 1.45. The first kappa shape index (κ1) is 22.4. The molecule has 1 aromatic carbocycles. The van der Waals surface area contributed by atoms with Gasteiger partial charge in [0, 0.05) is 31.7 Å². The van der Waals surface area contributed by atoms with E-state index in [1.54, 1.807) is 0 Å². The number of fused-ring (bicyclic) bond motifs is 1. The lowest BCUT2D eigenvalue weighted by molar-refractivity contribution is 0.0485. The van der Waals surface area contributed by atoms with E-state index in [1.165, 1.54) is 5.56 Å². The Morgan fingerprint density at radius 2 is 2.07 bits per heavy atom. The van der Waals surface area contributed by atoms with Crippen LogP contribution in [0.3, 0.4) is 0 Å². The van der Waals surface area contributed by atoms with E-state index in [0.29, 0.717) is 24.5 Å². The number of likely N-dealkylation sites (tertiary alicyclic amines) is 1. The van der Waals surface area contributed by atoms with Crippen LogP contribution in [0, 0.1) is 5.92 Å². The summed E-state index contributed by atoms with van der Waals surface area (Å²) in [6.45, 7) is 12.2. The van der Waals surface area contributed by atoms with Crippen LogP contribution in [0.4, 0.5) is 0 Å². The smallest absolute Gasteiger partial charge is 0.191 e. The summed E-state index contributed by atoms with van der Waals surface area (Å²) in [5, 5.41) is 18.1. The minimum absolute atomic E-state index is 0. The second kappa shape index (κ2) is 9.56. The Balaban J connectivity index is 0.00000261. The Hall–Kier alpha value is -0.860. The highest BCUT2D eigenvalue weighted by molar-refractivity contribution is 14.0. The number of hydrogen-bond donors (Lipinski definition) is 3. The van der Waals surface area contributed by atoms with Crippen molar-refractivity contribution in [3.05, 3.63) is 35.4 Å². The zero-order valence-corrected chi connectivity index (χ0v) is 19.4. The molecule has 0 spiro atoms. The summed E-state index contributed by atoms with van der Waals surface area (Å²) in [6, 6.07) is 9.16. The number of aliphatic imine (C=N–C) groups is 1. The molecule has 3 unspecified atom stereocenters. The van der Waals surface area contributed by atoms with Crippen LogP contribution < -0.4 is 10.6 Å². The molecule has 0 aromatic heterocycles. The topological polar surface area (TPSA) is 59.9 Å². The van der Waals surface area contributed by atoms with Crippen LogP contribution in [0.15, 0.2) is 29.3 Å². The second-order valence-electron chi connectivity index (χ2n) is 8.16. The summed E-state index contributed by atoms with van der Waals surface area (Å²) >= 11 is 0. The second-order valence-corrected chi connectivity index (χ2v) is 8.16. The maximum absolute atomic E-state index is 11.1. The van der Waals surface area contributed by atoms with Crippen molar-refractivity contribution in [1.29, 1.82) is 0 Å². The molecule has 2 aliphatic rings. The van der Waals surface area contributed by atoms with Crippen molar-refractivity contribution in [2.45, 2.75) is 58.2 Å². The molecule has 1 heterocycles. The number of nitrogens with one attached hydrogen (secondary N) is 2. The molecular formula is C21H35IN4O. The minimum atomic E-state index is -0.843. The van der Waals surface area contributed by atoms with E-state index in [0.717, 1.165) is 44.0 Å². The highest BCUT2D eigenvalue weighted by atomic mass is 127. The van der Waals surface area contributed by atoms with Crippen LogP contribution in [0.2, 0.25) is 0 Å². The Kier molecular flexibility index (Phi) is 7.94. The standard InChI is InChI=1S/C21H34N4O.HI/c1-5-22-20(24-19-13-25(15(2)3)12-16(19)4)23-14-21(26)11-10-17-8-6-7-9-18(17)21;/h6-9,15-16,19,26H,5,10-14H2,1-4H3,(H2,22,23,24);1H. The average molecular weight is 486 g/mol. The molecule has 0 radical (unpaired) electrons. The van der Waals surface area contributed by atoms with Crippen LogP contribution in [0.25, 0.3) is 0 Å². The molecule has 1 aromatic rings. The predicted octanol–water partition coefficient (Wildman–Crippen LogP) is 2.72. The van der Waals surface area contributed by atoms with Crippen molar-refractivity contribution >= 4 is 29.9 Å². The van der Waals surface area contributed by atoms with Gasteiger partial charge in [0.15, 0.2) is 5.96 Å². The summed E-state index contributed by atoms with van der Waals surface area (Å²) in [6.07, 6.45) is 1.67. The fraction of sp³-hybridized carbons (Fsp3) is 0.667. The fourth-order valence-corrected chi connectivity index (χ4v) is 4.15. The van der Waals surface area contributed by atoms with Crippen LogP contribution >= 0.6 is 24.0 Å². The molecular weight excluding hydrogens is 451 g/mol. The summed E-state index contributed by atoms with van der Waals surface area (Å²) < 4.78 is 0. The van der Waals surface area contributed by atoms with Gasteiger partial charge >= 0.3 is 0 Å². The summed E-state index contributed by atoms with van der Waals surface area (Å²) in [7, 11) is 0. The summed E-state index contributed by atoms with van der Waals surface area (Å²) in [4.78, 5) is 7.27. The molecule has 6 heteroatoms. The number of guanidine groups is 1. The third-order valence-electron chi connectivity index (χ3n) is 5.86. The van der Waals surface area contributed by atoms with Gasteiger partial charge in [-0.1, -0.05) is 31.2 Å². The van der Waals surface area contributed by atoms with Crippen LogP contribution in [-0.4, -0.2) is 54.2 Å². The van der Waals surface area contributed by atoms with Gasteiger partial charge in [-0.15, -0.1) is 24.0 Å². The molecule has 3 atom stereocenters. The van der Waals surface area contributed by atoms with Crippen molar-refractivity contribution in [3.8, 4) is 0 Å². The molecule has 0 bridgehead atoms. The molecule has 1 saturated heterocycles. The monoisotopic (exact) mass is 486 g/mol. The van der Waals surface area contributed by atoms with Gasteiger partial charge in [-0.2, -0.15) is 0 Å². The lowest BCUT2D eigenvalue weighted by Gasteiger charge is -2.25.